The summed E-state index contributed by atoms with van der Waals surface area (Å²) in [6, 6.07) is -0.806. The Morgan fingerprint density at radius 2 is 1.69 bits per heavy atom. The monoisotopic (exact) mass is 730 g/mol. The Morgan fingerprint density at radius 3 is 2.27 bits per heavy atom. The quantitative estimate of drug-likeness (QED) is 0.243. The molecule has 0 aromatic heterocycles. The molecule has 14 atom stereocenters. The van der Waals surface area contributed by atoms with Crippen molar-refractivity contribution in [3.8, 4) is 0 Å². The lowest BCUT2D eigenvalue weighted by Crippen LogP contribution is -2.59. The Bertz CT molecular complexity index is 1100. The molecule has 1 amide bonds. The summed E-state index contributed by atoms with van der Waals surface area (Å²) in [7, 11) is 5.60. The van der Waals surface area contributed by atoms with Crippen LogP contribution in [-0.4, -0.2) is 143 Å². The summed E-state index contributed by atoms with van der Waals surface area (Å²) in [5, 5.41) is 49.8. The van der Waals surface area contributed by atoms with Crippen molar-refractivity contribution in [2.24, 2.45) is 23.7 Å². The first-order chi connectivity index (χ1) is 23.7. The van der Waals surface area contributed by atoms with Gasteiger partial charge in [0.25, 0.3) is 0 Å². The summed E-state index contributed by atoms with van der Waals surface area (Å²) in [5.41, 5.74) is -3.37. The fourth-order valence-corrected chi connectivity index (χ4v) is 8.72. The molecule has 1 aliphatic carbocycles. The average molecular weight is 730 g/mol. The minimum absolute atomic E-state index is 0.144. The third-order valence-electron chi connectivity index (χ3n) is 11.9. The van der Waals surface area contributed by atoms with E-state index in [0.717, 1.165) is 25.7 Å². The number of nitrogens with zero attached hydrogens (tertiary/aromatic N) is 2. The van der Waals surface area contributed by atoms with Crippen LogP contribution in [0, 0.1) is 23.7 Å². The molecule has 3 fully saturated rings. The van der Waals surface area contributed by atoms with Gasteiger partial charge in [0.1, 0.15) is 30.0 Å². The van der Waals surface area contributed by atoms with Crippen molar-refractivity contribution in [3.05, 3.63) is 0 Å². The van der Waals surface area contributed by atoms with Crippen molar-refractivity contribution in [2.75, 3.05) is 34.2 Å². The molecule has 0 spiro atoms. The molecule has 13 heteroatoms. The summed E-state index contributed by atoms with van der Waals surface area (Å²) in [6.45, 7) is 14.8. The highest BCUT2D eigenvalue weighted by atomic mass is 16.7. The lowest BCUT2D eigenvalue weighted by atomic mass is 9.77. The Kier molecular flexibility index (Phi) is 16.0. The van der Waals surface area contributed by atoms with Crippen molar-refractivity contribution < 1.29 is 49.0 Å². The fraction of sp³-hybridized carbons (Fsp3) is 0.947. The number of esters is 1. The van der Waals surface area contributed by atoms with E-state index in [1.807, 2.05) is 44.8 Å². The molecule has 0 aromatic carbocycles. The van der Waals surface area contributed by atoms with Crippen LogP contribution in [0.15, 0.2) is 0 Å². The molecule has 3 rings (SSSR count). The minimum atomic E-state index is -1.80. The lowest BCUT2D eigenvalue weighted by Gasteiger charge is -2.47. The standard InChI is InChI=1S/C38H71N3O10/c1-12-29-38(8,47)32(43)26(6)41(11)21-22(2)19-37(7,46)33(51-35-30(42)28(40(9)10)18-23(3)48-35)24(4)31(25(5)34(44)49-29)50-36(45)39-20-27-16-14-13-15-17-27/h22-33,35,42-43,46-47H,12-21H2,1-11H3,(H,39,45)/t22-,23-,24+,25-,26-,28+,29-,30-,31+,32-,33-,35+,37-,38-/m1/s1. The van der Waals surface area contributed by atoms with E-state index in [-0.39, 0.29) is 30.9 Å². The molecule has 298 valence electrons. The Labute approximate surface area is 306 Å². The number of alkyl carbamates (subject to hydrolysis) is 1. The number of likely N-dealkylation sites (N-methyl/N-ethyl adjacent to an activating group) is 2. The van der Waals surface area contributed by atoms with Gasteiger partial charge in [0.2, 0.25) is 0 Å². The molecule has 2 saturated heterocycles. The Hall–Kier alpha value is -1.58. The molecule has 3 aliphatic rings. The van der Waals surface area contributed by atoms with Crippen LogP contribution in [0.4, 0.5) is 4.79 Å². The molecule has 0 bridgehead atoms. The first-order valence-electron chi connectivity index (χ1n) is 19.3. The van der Waals surface area contributed by atoms with E-state index < -0.39 is 78.0 Å². The summed E-state index contributed by atoms with van der Waals surface area (Å²) < 4.78 is 24.9. The van der Waals surface area contributed by atoms with Crippen molar-refractivity contribution in [1.29, 1.82) is 0 Å². The number of rotatable bonds is 7. The highest BCUT2D eigenvalue weighted by Gasteiger charge is 2.51. The number of amides is 1. The highest BCUT2D eigenvalue weighted by Crippen LogP contribution is 2.37. The second-order valence-corrected chi connectivity index (χ2v) is 16.9. The number of cyclic esters (lactones) is 1. The van der Waals surface area contributed by atoms with Gasteiger partial charge in [-0.25, -0.2) is 4.79 Å². The molecule has 0 unspecified atom stereocenters. The second kappa shape index (κ2) is 18.6. The number of ether oxygens (including phenoxy) is 4. The number of nitrogens with one attached hydrogen (secondary N) is 1. The van der Waals surface area contributed by atoms with Gasteiger partial charge in [-0.15, -0.1) is 0 Å². The maximum Gasteiger partial charge on any atom is 0.407 e. The van der Waals surface area contributed by atoms with Crippen molar-refractivity contribution in [3.63, 3.8) is 0 Å². The molecule has 0 aromatic rings. The van der Waals surface area contributed by atoms with Gasteiger partial charge in [0.15, 0.2) is 6.29 Å². The van der Waals surface area contributed by atoms with Gasteiger partial charge in [-0.05, 0) is 99.7 Å². The second-order valence-electron chi connectivity index (χ2n) is 16.9. The predicted octanol–water partition coefficient (Wildman–Crippen LogP) is 3.29. The molecular weight excluding hydrogens is 658 g/mol. The molecule has 51 heavy (non-hydrogen) atoms. The normalized spacial score (nSPS) is 43.2. The van der Waals surface area contributed by atoms with E-state index >= 15 is 0 Å². The van der Waals surface area contributed by atoms with Gasteiger partial charge in [-0.1, -0.05) is 40.0 Å². The number of carbonyl (C=O) groups excluding carboxylic acids is 2. The Morgan fingerprint density at radius 1 is 1.06 bits per heavy atom. The largest absolute Gasteiger partial charge is 0.459 e. The summed E-state index contributed by atoms with van der Waals surface area (Å²) in [5.74, 6) is -2.42. The van der Waals surface area contributed by atoms with E-state index in [1.165, 1.54) is 13.3 Å². The first kappa shape index (κ1) is 43.8. The van der Waals surface area contributed by atoms with Crippen LogP contribution >= 0.6 is 0 Å². The van der Waals surface area contributed by atoms with Crippen LogP contribution in [-0.2, 0) is 23.7 Å². The van der Waals surface area contributed by atoms with Crippen LogP contribution in [0.3, 0.4) is 0 Å². The summed E-state index contributed by atoms with van der Waals surface area (Å²) >= 11 is 0. The van der Waals surface area contributed by atoms with Crippen molar-refractivity contribution in [2.45, 2.75) is 173 Å². The van der Waals surface area contributed by atoms with Gasteiger partial charge in [-0.2, -0.15) is 0 Å². The van der Waals surface area contributed by atoms with Crippen LogP contribution in [0.1, 0.15) is 107 Å². The van der Waals surface area contributed by atoms with Crippen LogP contribution in [0.25, 0.3) is 0 Å². The molecule has 1 saturated carbocycles. The SMILES string of the molecule is CC[C@H]1OC(=O)[C@H](C)[C@@H](OC(=O)NCC2CCCCC2)[C@H](C)[C@@H](O[C@@H]2O[C@H](C)C[C@H](N(C)C)[C@H]2O)[C@](C)(O)C[C@@H](C)CN(C)[C@H](C)[C@@H](O)[C@]1(C)O. The minimum Gasteiger partial charge on any atom is -0.459 e. The molecule has 0 radical (unpaired) electrons. The van der Waals surface area contributed by atoms with Gasteiger partial charge < -0.3 is 54.5 Å². The van der Waals surface area contributed by atoms with E-state index in [4.69, 9.17) is 18.9 Å². The number of hydrogen-bond donors (Lipinski definition) is 5. The number of aliphatic hydroxyl groups excluding tert-OH is 2. The van der Waals surface area contributed by atoms with Crippen LogP contribution in [0.2, 0.25) is 0 Å². The lowest BCUT2D eigenvalue weighted by molar-refractivity contribution is -0.299. The summed E-state index contributed by atoms with van der Waals surface area (Å²) in [6.07, 6.45) is -1.20. The predicted molar refractivity (Wildman–Crippen MR) is 194 cm³/mol. The molecule has 5 N–H and O–H groups in total. The smallest absolute Gasteiger partial charge is 0.407 e. The average Bonchev–Trinajstić information content (AvgIpc) is 3.06. The summed E-state index contributed by atoms with van der Waals surface area (Å²) in [4.78, 5) is 31.3. The van der Waals surface area contributed by atoms with E-state index in [1.54, 1.807) is 34.6 Å². The number of aliphatic hydroxyl groups is 4. The zero-order chi connectivity index (χ0) is 38.4. The third-order valence-corrected chi connectivity index (χ3v) is 11.9. The maximum absolute atomic E-state index is 14.0. The molecule has 2 heterocycles. The van der Waals surface area contributed by atoms with E-state index in [2.05, 4.69) is 5.32 Å². The molecule has 2 aliphatic heterocycles. The van der Waals surface area contributed by atoms with Gasteiger partial charge in [-0.3, -0.25) is 4.79 Å². The van der Waals surface area contributed by atoms with Crippen molar-refractivity contribution in [1.82, 2.24) is 15.1 Å². The van der Waals surface area contributed by atoms with Gasteiger partial charge >= 0.3 is 12.1 Å². The molecule has 13 nitrogen and oxygen atoms in total. The van der Waals surface area contributed by atoms with Crippen LogP contribution < -0.4 is 5.32 Å². The van der Waals surface area contributed by atoms with Crippen LogP contribution in [0.5, 0.6) is 0 Å². The fourth-order valence-electron chi connectivity index (χ4n) is 8.72. The zero-order valence-corrected chi connectivity index (χ0v) is 33.2. The maximum atomic E-state index is 14.0. The first-order valence-corrected chi connectivity index (χ1v) is 19.3. The van der Waals surface area contributed by atoms with Gasteiger partial charge in [0.05, 0.1) is 23.7 Å². The zero-order valence-electron chi connectivity index (χ0n) is 33.2. The highest BCUT2D eigenvalue weighted by molar-refractivity contribution is 5.74. The topological polar surface area (TPSA) is 170 Å². The number of carbonyl (C=O) groups is 2. The van der Waals surface area contributed by atoms with E-state index in [0.29, 0.717) is 25.4 Å². The van der Waals surface area contributed by atoms with E-state index in [9.17, 15) is 30.0 Å². The molecular formula is C38H71N3O10. The van der Waals surface area contributed by atoms with Crippen molar-refractivity contribution >= 4 is 12.1 Å². The number of hydrogen-bond acceptors (Lipinski definition) is 12. The third kappa shape index (κ3) is 11.2. The van der Waals surface area contributed by atoms with Gasteiger partial charge in [0, 0.05) is 31.1 Å². The Balaban J connectivity index is 2.08.